The molecule has 0 aromatic heterocycles. The molecule has 0 spiro atoms. The van der Waals surface area contributed by atoms with Gasteiger partial charge in [0.2, 0.25) is 0 Å². The van der Waals surface area contributed by atoms with Crippen LogP contribution >= 0.6 is 15.9 Å². The maximum Gasteiger partial charge on any atom is 0.115 e. The van der Waals surface area contributed by atoms with Gasteiger partial charge in [0.05, 0.1) is 0 Å². The lowest BCUT2D eigenvalue weighted by molar-refractivity contribution is -0.900. The molecule has 3 heteroatoms. The number of hydrogen-bond donors (Lipinski definition) is 1. The van der Waals surface area contributed by atoms with Crippen LogP contribution in [0.2, 0.25) is 0 Å². The first kappa shape index (κ1) is 15.2. The van der Waals surface area contributed by atoms with Crippen LogP contribution in [0.3, 0.4) is 0 Å². The fourth-order valence-corrected chi connectivity index (χ4v) is 2.78. The van der Waals surface area contributed by atoms with Gasteiger partial charge in [0, 0.05) is 21.5 Å². The van der Waals surface area contributed by atoms with Crippen LogP contribution in [0.15, 0.2) is 59.1 Å². The van der Waals surface area contributed by atoms with Gasteiger partial charge < -0.3 is 10.3 Å². The van der Waals surface area contributed by atoms with E-state index in [1.165, 1.54) is 0 Å². The summed E-state index contributed by atoms with van der Waals surface area (Å²) in [5, 5.41) is 12.9. The summed E-state index contributed by atoms with van der Waals surface area (Å²) < 4.78 is 1.04. The molecule has 0 aliphatic rings. The minimum Gasteiger partial charge on any atom is -0.634 e. The third-order valence-electron chi connectivity index (χ3n) is 3.46. The molecular formula is C17H20BrNO. The molecule has 2 aromatic rings. The van der Waals surface area contributed by atoms with Crippen molar-refractivity contribution >= 4 is 15.9 Å². The van der Waals surface area contributed by atoms with Crippen molar-refractivity contribution in [2.75, 3.05) is 0 Å². The molecule has 0 aliphatic heterocycles. The zero-order valence-electron chi connectivity index (χ0n) is 11.8. The first-order chi connectivity index (χ1) is 9.58. The van der Waals surface area contributed by atoms with Gasteiger partial charge in [-0.3, -0.25) is 0 Å². The maximum atomic E-state index is 12.6. The van der Waals surface area contributed by atoms with Gasteiger partial charge in [-0.2, -0.15) is 0 Å². The first-order valence-electron chi connectivity index (χ1n) is 6.90. The predicted octanol–water partition coefficient (Wildman–Crippen LogP) is 3.73. The van der Waals surface area contributed by atoms with E-state index in [2.05, 4.69) is 29.8 Å². The van der Waals surface area contributed by atoms with Crippen LogP contribution in [0.25, 0.3) is 0 Å². The molecule has 0 saturated carbocycles. The summed E-state index contributed by atoms with van der Waals surface area (Å²) >= 11 is 3.44. The van der Waals surface area contributed by atoms with Crippen molar-refractivity contribution in [2.24, 2.45) is 5.92 Å². The number of hydroxylamine groups is 2. The molecule has 0 aliphatic carbocycles. The number of halogens is 1. The summed E-state index contributed by atoms with van der Waals surface area (Å²) in [5.74, 6) is 0.299. The Labute approximate surface area is 129 Å². The average molecular weight is 334 g/mol. The van der Waals surface area contributed by atoms with Crippen LogP contribution in [-0.4, -0.2) is 0 Å². The van der Waals surface area contributed by atoms with Gasteiger partial charge >= 0.3 is 0 Å². The highest BCUT2D eigenvalue weighted by Gasteiger charge is 2.22. The Morgan fingerprint density at radius 3 is 2.15 bits per heavy atom. The average Bonchev–Trinajstić information content (AvgIpc) is 2.42. The molecule has 2 aromatic carbocycles. The molecule has 0 radical (unpaired) electrons. The van der Waals surface area contributed by atoms with Crippen LogP contribution in [0.5, 0.6) is 0 Å². The molecule has 20 heavy (non-hydrogen) atoms. The van der Waals surface area contributed by atoms with Gasteiger partial charge in [0.1, 0.15) is 12.6 Å². The summed E-state index contributed by atoms with van der Waals surface area (Å²) in [7, 11) is 0. The summed E-state index contributed by atoms with van der Waals surface area (Å²) in [4.78, 5) is 0. The summed E-state index contributed by atoms with van der Waals surface area (Å²) in [6.07, 6.45) is 0. The van der Waals surface area contributed by atoms with Gasteiger partial charge in [0.25, 0.3) is 0 Å². The minimum absolute atomic E-state index is 0.0386. The molecule has 0 amide bonds. The Balaban J connectivity index is 2.18. The lowest BCUT2D eigenvalue weighted by atomic mass is 9.95. The fraction of sp³-hybridized carbons (Fsp3) is 0.294. The van der Waals surface area contributed by atoms with E-state index in [1.807, 2.05) is 54.6 Å². The third-order valence-corrected chi connectivity index (χ3v) is 3.99. The number of nitrogens with one attached hydrogen (secondary N) is 1. The Bertz CT molecular complexity index is 524. The smallest absolute Gasteiger partial charge is 0.115 e. The summed E-state index contributed by atoms with van der Waals surface area (Å²) in [6.45, 7) is 4.71. The fourth-order valence-electron chi connectivity index (χ4n) is 2.52. The first-order valence-corrected chi connectivity index (χ1v) is 7.69. The van der Waals surface area contributed by atoms with Crippen molar-refractivity contribution in [3.63, 3.8) is 0 Å². The van der Waals surface area contributed by atoms with Gasteiger partial charge in [-0.15, -0.1) is 0 Å². The normalized spacial score (nSPS) is 14.2. The molecule has 2 nitrogen and oxygen atoms in total. The molecule has 2 atom stereocenters. The molecular weight excluding hydrogens is 314 g/mol. The van der Waals surface area contributed by atoms with Crippen LogP contribution in [0.1, 0.15) is 31.0 Å². The second kappa shape index (κ2) is 7.02. The molecule has 2 rings (SSSR count). The van der Waals surface area contributed by atoms with Crippen LogP contribution < -0.4 is 5.06 Å². The molecule has 106 valence electrons. The highest BCUT2D eigenvalue weighted by atomic mass is 79.9. The van der Waals surface area contributed by atoms with Crippen LogP contribution in [0.4, 0.5) is 0 Å². The lowest BCUT2D eigenvalue weighted by Gasteiger charge is -2.34. The third kappa shape index (κ3) is 3.92. The van der Waals surface area contributed by atoms with E-state index in [4.69, 9.17) is 0 Å². The predicted molar refractivity (Wildman–Crippen MR) is 86.2 cm³/mol. The van der Waals surface area contributed by atoms with Gasteiger partial charge in [0.15, 0.2) is 0 Å². The van der Waals surface area contributed by atoms with Gasteiger partial charge in [-0.25, -0.2) is 0 Å². The standard InChI is InChI=1S/C17H20BrNO/c1-13(2)17(15-8-10-16(18)11-9-15)19(20)12-14-6-4-3-5-7-14/h3-11,13,17,19H,12H2,1-2H3. The molecule has 1 N–H and O–H groups in total. The molecule has 0 saturated heterocycles. The molecule has 0 heterocycles. The zero-order chi connectivity index (χ0) is 14.5. The molecule has 0 bridgehead atoms. The van der Waals surface area contributed by atoms with E-state index >= 15 is 0 Å². The SMILES string of the molecule is CC(C)C(c1ccc(Br)cc1)[NH+]([O-])Cc1ccccc1. The van der Waals surface area contributed by atoms with E-state index in [9.17, 15) is 5.21 Å². The lowest BCUT2D eigenvalue weighted by Crippen LogP contribution is -3.06. The van der Waals surface area contributed by atoms with Gasteiger partial charge in [-0.1, -0.05) is 72.2 Å². The van der Waals surface area contributed by atoms with Crippen molar-refractivity contribution in [1.82, 2.24) is 0 Å². The Morgan fingerprint density at radius 2 is 1.60 bits per heavy atom. The van der Waals surface area contributed by atoms with E-state index in [1.54, 1.807) is 0 Å². The van der Waals surface area contributed by atoms with Crippen molar-refractivity contribution in [3.8, 4) is 0 Å². The number of hydrogen-bond acceptors (Lipinski definition) is 1. The van der Waals surface area contributed by atoms with E-state index in [0.29, 0.717) is 12.5 Å². The van der Waals surface area contributed by atoms with Crippen molar-refractivity contribution in [3.05, 3.63) is 75.4 Å². The molecule has 2 unspecified atom stereocenters. The molecule has 0 fully saturated rings. The number of rotatable bonds is 5. The highest BCUT2D eigenvalue weighted by molar-refractivity contribution is 9.10. The minimum atomic E-state index is -0.0386. The van der Waals surface area contributed by atoms with Crippen molar-refractivity contribution in [2.45, 2.75) is 26.4 Å². The van der Waals surface area contributed by atoms with Crippen molar-refractivity contribution < 1.29 is 5.06 Å². The highest BCUT2D eigenvalue weighted by Crippen LogP contribution is 2.21. The monoisotopic (exact) mass is 333 g/mol. The van der Waals surface area contributed by atoms with E-state index < -0.39 is 0 Å². The Kier molecular flexibility index (Phi) is 5.35. The van der Waals surface area contributed by atoms with E-state index in [-0.39, 0.29) is 11.1 Å². The van der Waals surface area contributed by atoms with Crippen LogP contribution in [-0.2, 0) is 6.54 Å². The number of benzene rings is 2. The van der Waals surface area contributed by atoms with Crippen LogP contribution in [0, 0.1) is 11.1 Å². The largest absolute Gasteiger partial charge is 0.634 e. The summed E-state index contributed by atoms with van der Waals surface area (Å²) in [6, 6.07) is 18.0. The summed E-state index contributed by atoms with van der Waals surface area (Å²) in [5.41, 5.74) is 2.18. The second-order valence-electron chi connectivity index (χ2n) is 5.40. The van der Waals surface area contributed by atoms with Crippen molar-refractivity contribution in [1.29, 1.82) is 0 Å². The topological polar surface area (TPSA) is 27.5 Å². The second-order valence-corrected chi connectivity index (χ2v) is 6.32. The van der Waals surface area contributed by atoms with E-state index in [0.717, 1.165) is 15.6 Å². The maximum absolute atomic E-state index is 12.6. The number of quaternary nitrogens is 1. The quantitative estimate of drug-likeness (QED) is 0.829. The Hall–Kier alpha value is -1.16. The van der Waals surface area contributed by atoms with Gasteiger partial charge in [-0.05, 0) is 12.1 Å². The zero-order valence-corrected chi connectivity index (χ0v) is 13.4. The Morgan fingerprint density at radius 1 is 1.00 bits per heavy atom.